The van der Waals surface area contributed by atoms with Crippen LogP contribution in [0.1, 0.15) is 45.7 Å². The second kappa shape index (κ2) is 6.90. The number of aromatic nitrogens is 1. The number of pyridine rings is 1. The lowest BCUT2D eigenvalue weighted by Gasteiger charge is -2.32. The van der Waals surface area contributed by atoms with Crippen molar-refractivity contribution in [1.29, 1.82) is 0 Å². The normalized spacial score (nSPS) is 17.2. The number of hydrogen-bond donors (Lipinski definition) is 1. The zero-order chi connectivity index (χ0) is 13.7. The van der Waals surface area contributed by atoms with Gasteiger partial charge in [-0.1, -0.05) is 33.3 Å². The largest absolute Gasteiger partial charge is 0.357 e. The van der Waals surface area contributed by atoms with Gasteiger partial charge in [-0.3, -0.25) is 0 Å². The van der Waals surface area contributed by atoms with E-state index in [4.69, 9.17) is 4.98 Å². The van der Waals surface area contributed by atoms with Crippen molar-refractivity contribution in [3.63, 3.8) is 0 Å². The molecule has 1 aromatic heterocycles. The molecule has 2 heterocycles. The van der Waals surface area contributed by atoms with Crippen LogP contribution in [0.4, 0.5) is 5.82 Å². The van der Waals surface area contributed by atoms with Crippen LogP contribution in [0.2, 0.25) is 0 Å². The van der Waals surface area contributed by atoms with Crippen LogP contribution in [0.3, 0.4) is 0 Å². The van der Waals surface area contributed by atoms with E-state index < -0.39 is 0 Å². The number of nitrogens with zero attached hydrogens (tertiary/aromatic N) is 2. The molecule has 3 heteroatoms. The summed E-state index contributed by atoms with van der Waals surface area (Å²) in [6.45, 7) is 9.81. The predicted octanol–water partition coefficient (Wildman–Crippen LogP) is 3.21. The first-order valence-electron chi connectivity index (χ1n) is 7.63. The van der Waals surface area contributed by atoms with Gasteiger partial charge < -0.3 is 10.2 Å². The SMILES string of the molecule is CCC1CCN(c2cccc(CNC(C)C)n2)CC1. The molecule has 0 bridgehead atoms. The van der Waals surface area contributed by atoms with Crippen molar-refractivity contribution in [2.24, 2.45) is 5.92 Å². The summed E-state index contributed by atoms with van der Waals surface area (Å²) in [6.07, 6.45) is 3.94. The zero-order valence-corrected chi connectivity index (χ0v) is 12.5. The lowest BCUT2D eigenvalue weighted by atomic mass is 9.94. The van der Waals surface area contributed by atoms with Crippen molar-refractivity contribution in [1.82, 2.24) is 10.3 Å². The van der Waals surface area contributed by atoms with Gasteiger partial charge in [-0.15, -0.1) is 0 Å². The highest BCUT2D eigenvalue weighted by Gasteiger charge is 2.18. The first-order valence-corrected chi connectivity index (χ1v) is 7.63. The summed E-state index contributed by atoms with van der Waals surface area (Å²) < 4.78 is 0. The van der Waals surface area contributed by atoms with E-state index in [0.29, 0.717) is 6.04 Å². The number of nitrogens with one attached hydrogen (secondary N) is 1. The van der Waals surface area contributed by atoms with E-state index >= 15 is 0 Å². The number of rotatable bonds is 5. The Morgan fingerprint density at radius 3 is 2.68 bits per heavy atom. The van der Waals surface area contributed by atoms with E-state index in [-0.39, 0.29) is 0 Å². The molecule has 1 aliphatic heterocycles. The molecule has 0 unspecified atom stereocenters. The van der Waals surface area contributed by atoms with Gasteiger partial charge in [0, 0.05) is 25.7 Å². The van der Waals surface area contributed by atoms with Crippen molar-refractivity contribution >= 4 is 5.82 Å². The van der Waals surface area contributed by atoms with E-state index in [9.17, 15) is 0 Å². The van der Waals surface area contributed by atoms with Gasteiger partial charge in [0.2, 0.25) is 0 Å². The number of anilines is 1. The topological polar surface area (TPSA) is 28.2 Å². The van der Waals surface area contributed by atoms with Crippen LogP contribution < -0.4 is 10.2 Å². The Balaban J connectivity index is 1.95. The molecule has 1 N–H and O–H groups in total. The van der Waals surface area contributed by atoms with E-state index in [1.807, 2.05) is 0 Å². The fourth-order valence-corrected chi connectivity index (χ4v) is 2.62. The highest BCUT2D eigenvalue weighted by atomic mass is 15.2. The Hall–Kier alpha value is -1.09. The first kappa shape index (κ1) is 14.3. The summed E-state index contributed by atoms with van der Waals surface area (Å²) in [4.78, 5) is 7.22. The monoisotopic (exact) mass is 261 g/mol. The predicted molar refractivity (Wildman–Crippen MR) is 81.4 cm³/mol. The fourth-order valence-electron chi connectivity index (χ4n) is 2.62. The molecule has 19 heavy (non-hydrogen) atoms. The van der Waals surface area contributed by atoms with Gasteiger partial charge in [0.1, 0.15) is 5.82 Å². The van der Waals surface area contributed by atoms with Crippen LogP contribution in [0.15, 0.2) is 18.2 Å². The van der Waals surface area contributed by atoms with Gasteiger partial charge in [0.15, 0.2) is 0 Å². The Morgan fingerprint density at radius 2 is 2.05 bits per heavy atom. The van der Waals surface area contributed by atoms with E-state index in [2.05, 4.69) is 49.2 Å². The van der Waals surface area contributed by atoms with Gasteiger partial charge in [0.05, 0.1) is 5.69 Å². The minimum absolute atomic E-state index is 0.505. The van der Waals surface area contributed by atoms with Crippen molar-refractivity contribution in [2.45, 2.75) is 52.6 Å². The van der Waals surface area contributed by atoms with Crippen LogP contribution >= 0.6 is 0 Å². The van der Waals surface area contributed by atoms with Crippen LogP contribution in [-0.2, 0) is 6.54 Å². The summed E-state index contributed by atoms with van der Waals surface area (Å²) in [5, 5.41) is 3.43. The molecule has 1 aromatic rings. The minimum atomic E-state index is 0.505. The lowest BCUT2D eigenvalue weighted by molar-refractivity contribution is 0.393. The average Bonchev–Trinajstić information content (AvgIpc) is 2.45. The molecule has 0 radical (unpaired) electrons. The molecule has 0 saturated carbocycles. The number of piperidine rings is 1. The van der Waals surface area contributed by atoms with Crippen molar-refractivity contribution < 1.29 is 0 Å². The zero-order valence-electron chi connectivity index (χ0n) is 12.5. The third kappa shape index (κ3) is 4.20. The van der Waals surface area contributed by atoms with E-state index in [0.717, 1.165) is 37.1 Å². The highest BCUT2D eigenvalue weighted by Crippen LogP contribution is 2.23. The number of hydrogen-bond acceptors (Lipinski definition) is 3. The van der Waals surface area contributed by atoms with Crippen LogP contribution in [-0.4, -0.2) is 24.1 Å². The van der Waals surface area contributed by atoms with Crippen LogP contribution in [0.25, 0.3) is 0 Å². The molecular weight excluding hydrogens is 234 g/mol. The van der Waals surface area contributed by atoms with Crippen LogP contribution in [0, 0.1) is 5.92 Å². The third-order valence-corrected chi connectivity index (χ3v) is 4.00. The van der Waals surface area contributed by atoms with E-state index in [1.165, 1.54) is 19.3 Å². The van der Waals surface area contributed by atoms with Gasteiger partial charge >= 0.3 is 0 Å². The molecule has 0 atom stereocenters. The molecule has 3 nitrogen and oxygen atoms in total. The summed E-state index contributed by atoms with van der Waals surface area (Å²) in [5.41, 5.74) is 1.14. The first-order chi connectivity index (χ1) is 9.19. The fraction of sp³-hybridized carbons (Fsp3) is 0.688. The summed E-state index contributed by atoms with van der Waals surface area (Å²) in [6, 6.07) is 6.89. The molecule has 1 saturated heterocycles. The Morgan fingerprint density at radius 1 is 1.32 bits per heavy atom. The van der Waals surface area contributed by atoms with Gasteiger partial charge in [-0.25, -0.2) is 4.98 Å². The molecule has 106 valence electrons. The van der Waals surface area contributed by atoms with Gasteiger partial charge in [-0.05, 0) is 30.9 Å². The van der Waals surface area contributed by atoms with Gasteiger partial charge in [0.25, 0.3) is 0 Å². The maximum Gasteiger partial charge on any atom is 0.128 e. The molecule has 0 spiro atoms. The minimum Gasteiger partial charge on any atom is -0.357 e. The third-order valence-electron chi connectivity index (χ3n) is 4.00. The molecule has 2 rings (SSSR count). The smallest absolute Gasteiger partial charge is 0.128 e. The quantitative estimate of drug-likeness (QED) is 0.882. The maximum atomic E-state index is 4.78. The van der Waals surface area contributed by atoms with Crippen molar-refractivity contribution in [3.8, 4) is 0 Å². The van der Waals surface area contributed by atoms with Crippen LogP contribution in [0.5, 0.6) is 0 Å². The molecule has 0 aliphatic carbocycles. The second-order valence-electron chi connectivity index (χ2n) is 5.86. The second-order valence-corrected chi connectivity index (χ2v) is 5.86. The van der Waals surface area contributed by atoms with Gasteiger partial charge in [-0.2, -0.15) is 0 Å². The molecule has 1 aliphatic rings. The standard InChI is InChI=1S/C16H27N3/c1-4-14-8-10-19(11-9-14)16-7-5-6-15(18-16)12-17-13(2)3/h5-7,13-14,17H,4,8-12H2,1-3H3. The molecular formula is C16H27N3. The van der Waals surface area contributed by atoms with Crippen molar-refractivity contribution in [2.75, 3.05) is 18.0 Å². The van der Waals surface area contributed by atoms with E-state index in [1.54, 1.807) is 0 Å². The average molecular weight is 261 g/mol. The highest BCUT2D eigenvalue weighted by molar-refractivity contribution is 5.39. The summed E-state index contributed by atoms with van der Waals surface area (Å²) >= 11 is 0. The molecule has 0 aromatic carbocycles. The Bertz CT molecular complexity index is 381. The summed E-state index contributed by atoms with van der Waals surface area (Å²) in [5.74, 6) is 2.07. The van der Waals surface area contributed by atoms with Crippen molar-refractivity contribution in [3.05, 3.63) is 23.9 Å². The molecule has 1 fully saturated rings. The Kier molecular flexibility index (Phi) is 5.20. The maximum absolute atomic E-state index is 4.78. The lowest BCUT2D eigenvalue weighted by Crippen LogP contribution is -2.34. The summed E-state index contributed by atoms with van der Waals surface area (Å²) in [7, 11) is 0. The molecule has 0 amide bonds. The Labute approximate surface area is 117 Å².